The largest absolute Gasteiger partial charge is 0.488 e. The van der Waals surface area contributed by atoms with E-state index in [0.29, 0.717) is 22.4 Å². The molecule has 2 rings (SSSR count). The Morgan fingerprint density at radius 3 is 2.64 bits per heavy atom. The number of halogens is 3. The Morgan fingerprint density at radius 1 is 1.16 bits per heavy atom. The molecule has 6 heteroatoms. The van der Waals surface area contributed by atoms with E-state index in [0.717, 1.165) is 15.6 Å². The summed E-state index contributed by atoms with van der Waals surface area (Å²) in [5, 5.41) is 1.00. The summed E-state index contributed by atoms with van der Waals surface area (Å²) in [6.45, 7) is 4.03. The third kappa shape index (κ3) is 6.24. The summed E-state index contributed by atoms with van der Waals surface area (Å²) >= 11 is 15.3. The highest BCUT2D eigenvalue weighted by Gasteiger charge is 2.05. The number of ether oxygens (including phenoxy) is 2. The number of hydrogen-bond donors (Lipinski definition) is 0. The molecule has 0 fully saturated rings. The first-order chi connectivity index (χ1) is 12.0. The first-order valence-electron chi connectivity index (χ1n) is 7.31. The topological polar surface area (TPSA) is 35.5 Å². The molecule has 0 aliphatic rings. The Hall–Kier alpha value is -1.75. The number of rotatable bonds is 7. The lowest BCUT2D eigenvalue weighted by atomic mass is 10.2. The van der Waals surface area contributed by atoms with Crippen LogP contribution in [0, 0.1) is 0 Å². The van der Waals surface area contributed by atoms with Crippen molar-refractivity contribution in [2.45, 2.75) is 6.61 Å². The summed E-state index contributed by atoms with van der Waals surface area (Å²) in [6, 6.07) is 10.9. The zero-order valence-electron chi connectivity index (χ0n) is 13.2. The first kappa shape index (κ1) is 19.6. The zero-order chi connectivity index (χ0) is 18.2. The zero-order valence-corrected chi connectivity index (χ0v) is 16.3. The van der Waals surface area contributed by atoms with Gasteiger partial charge in [-0.2, -0.15) is 0 Å². The van der Waals surface area contributed by atoms with Crippen LogP contribution in [0.25, 0.3) is 6.08 Å². The van der Waals surface area contributed by atoms with Crippen molar-refractivity contribution in [3.8, 4) is 5.75 Å². The van der Waals surface area contributed by atoms with Gasteiger partial charge in [-0.1, -0.05) is 48.0 Å². The summed E-state index contributed by atoms with van der Waals surface area (Å²) in [5.41, 5.74) is 1.75. The van der Waals surface area contributed by atoms with Gasteiger partial charge in [0.15, 0.2) is 0 Å². The van der Waals surface area contributed by atoms with Crippen molar-refractivity contribution in [3.63, 3.8) is 0 Å². The Balaban J connectivity index is 1.99. The van der Waals surface area contributed by atoms with Crippen molar-refractivity contribution in [2.75, 3.05) is 6.61 Å². The van der Waals surface area contributed by atoms with E-state index in [1.165, 1.54) is 12.2 Å². The average molecular weight is 442 g/mol. The Labute approximate surface area is 165 Å². The van der Waals surface area contributed by atoms with Crippen molar-refractivity contribution in [1.82, 2.24) is 0 Å². The van der Waals surface area contributed by atoms with Crippen LogP contribution in [0.5, 0.6) is 5.75 Å². The van der Waals surface area contributed by atoms with Gasteiger partial charge in [-0.3, -0.25) is 0 Å². The number of hydrogen-bond acceptors (Lipinski definition) is 3. The van der Waals surface area contributed by atoms with E-state index >= 15 is 0 Å². The normalized spacial score (nSPS) is 10.7. The monoisotopic (exact) mass is 440 g/mol. The highest BCUT2D eigenvalue weighted by Crippen LogP contribution is 2.28. The number of carbonyl (C=O) groups excluding carboxylic acids is 1. The molecule has 3 nitrogen and oxygen atoms in total. The van der Waals surface area contributed by atoms with E-state index in [-0.39, 0.29) is 6.61 Å². The molecule has 0 aliphatic carbocycles. The van der Waals surface area contributed by atoms with E-state index in [1.54, 1.807) is 18.2 Å². The molecule has 0 amide bonds. The van der Waals surface area contributed by atoms with Crippen molar-refractivity contribution >= 4 is 51.2 Å². The van der Waals surface area contributed by atoms with E-state index in [9.17, 15) is 4.79 Å². The molecule has 0 N–H and O–H groups in total. The molecular formula is C19H15BrCl2O3. The number of carbonyl (C=O) groups is 1. The molecule has 0 saturated heterocycles. The fraction of sp³-hybridized carbons (Fsp3) is 0.105. The standard InChI is InChI=1S/C19H15BrCl2O3/c1-2-9-24-19(23)8-5-13-4-7-18(15(20)10-13)25-12-14-3-6-16(21)17(22)11-14/h2-8,10-11H,1,9,12H2/b8-5+. The summed E-state index contributed by atoms with van der Waals surface area (Å²) in [4.78, 5) is 11.4. The molecule has 2 aromatic rings. The molecule has 0 unspecified atom stereocenters. The van der Waals surface area contributed by atoms with Gasteiger partial charge in [0.25, 0.3) is 0 Å². The van der Waals surface area contributed by atoms with E-state index < -0.39 is 5.97 Å². The lowest BCUT2D eigenvalue weighted by Gasteiger charge is -2.09. The Morgan fingerprint density at radius 2 is 1.96 bits per heavy atom. The lowest BCUT2D eigenvalue weighted by molar-refractivity contribution is -0.136. The predicted molar refractivity (Wildman–Crippen MR) is 105 cm³/mol. The maximum Gasteiger partial charge on any atom is 0.331 e. The fourth-order valence-corrected chi connectivity index (χ4v) is 2.71. The first-order valence-corrected chi connectivity index (χ1v) is 8.86. The molecule has 0 radical (unpaired) electrons. The van der Waals surface area contributed by atoms with Crippen LogP contribution in [-0.2, 0) is 16.1 Å². The second kappa shape index (κ2) is 9.66. The minimum Gasteiger partial charge on any atom is -0.488 e. The van der Waals surface area contributed by atoms with Gasteiger partial charge < -0.3 is 9.47 Å². The smallest absolute Gasteiger partial charge is 0.331 e. The molecule has 2 aromatic carbocycles. The minimum absolute atomic E-state index is 0.189. The van der Waals surface area contributed by atoms with Gasteiger partial charge in [-0.05, 0) is 57.4 Å². The molecule has 0 bridgehead atoms. The number of benzene rings is 2. The third-order valence-corrected chi connectivity index (χ3v) is 4.45. The van der Waals surface area contributed by atoms with Crippen LogP contribution in [0.15, 0.2) is 59.6 Å². The maximum atomic E-state index is 11.4. The van der Waals surface area contributed by atoms with Crippen LogP contribution in [0.4, 0.5) is 0 Å². The lowest BCUT2D eigenvalue weighted by Crippen LogP contribution is -1.99. The van der Waals surface area contributed by atoms with Crippen LogP contribution in [0.3, 0.4) is 0 Å². The van der Waals surface area contributed by atoms with Gasteiger partial charge in [-0.25, -0.2) is 4.79 Å². The Kier molecular flexibility index (Phi) is 7.56. The maximum absolute atomic E-state index is 11.4. The highest BCUT2D eigenvalue weighted by molar-refractivity contribution is 9.10. The van der Waals surface area contributed by atoms with Crippen molar-refractivity contribution < 1.29 is 14.3 Å². The van der Waals surface area contributed by atoms with Crippen molar-refractivity contribution in [2.24, 2.45) is 0 Å². The molecule has 0 heterocycles. The van der Waals surface area contributed by atoms with Gasteiger partial charge in [0, 0.05) is 6.08 Å². The molecular weight excluding hydrogens is 427 g/mol. The minimum atomic E-state index is -0.420. The van der Waals surface area contributed by atoms with E-state index in [4.69, 9.17) is 32.7 Å². The van der Waals surface area contributed by atoms with Crippen LogP contribution in [0.2, 0.25) is 10.0 Å². The average Bonchev–Trinajstić information content (AvgIpc) is 2.60. The van der Waals surface area contributed by atoms with Crippen molar-refractivity contribution in [1.29, 1.82) is 0 Å². The van der Waals surface area contributed by atoms with Gasteiger partial charge >= 0.3 is 5.97 Å². The summed E-state index contributed by atoms with van der Waals surface area (Å²) in [5.74, 6) is 0.258. The van der Waals surface area contributed by atoms with Gasteiger partial charge in [-0.15, -0.1) is 0 Å². The van der Waals surface area contributed by atoms with Gasteiger partial charge in [0.1, 0.15) is 19.0 Å². The van der Waals surface area contributed by atoms with Crippen LogP contribution < -0.4 is 4.74 Å². The van der Waals surface area contributed by atoms with Gasteiger partial charge in [0.2, 0.25) is 0 Å². The van der Waals surface area contributed by atoms with Crippen molar-refractivity contribution in [3.05, 3.63) is 80.8 Å². The van der Waals surface area contributed by atoms with Gasteiger partial charge in [0.05, 0.1) is 14.5 Å². The van der Waals surface area contributed by atoms with Crippen LogP contribution >= 0.6 is 39.1 Å². The number of esters is 1. The SMILES string of the molecule is C=CCOC(=O)/C=C/c1ccc(OCc2ccc(Cl)c(Cl)c2)c(Br)c1. The second-order valence-electron chi connectivity index (χ2n) is 4.98. The van der Waals surface area contributed by atoms with Crippen LogP contribution in [-0.4, -0.2) is 12.6 Å². The summed E-state index contributed by atoms with van der Waals surface area (Å²) in [6.07, 6.45) is 4.54. The molecule has 25 heavy (non-hydrogen) atoms. The Bertz CT molecular complexity index is 803. The fourth-order valence-electron chi connectivity index (χ4n) is 1.88. The molecule has 0 saturated carbocycles. The molecule has 0 atom stereocenters. The summed E-state index contributed by atoms with van der Waals surface area (Å²) in [7, 11) is 0. The highest BCUT2D eigenvalue weighted by atomic mass is 79.9. The molecule has 0 aromatic heterocycles. The van der Waals surface area contributed by atoms with E-state index in [1.807, 2.05) is 24.3 Å². The van der Waals surface area contributed by atoms with Crippen LogP contribution in [0.1, 0.15) is 11.1 Å². The molecule has 0 spiro atoms. The third-order valence-electron chi connectivity index (χ3n) is 3.09. The second-order valence-corrected chi connectivity index (χ2v) is 6.65. The molecule has 130 valence electrons. The molecule has 0 aliphatic heterocycles. The quantitative estimate of drug-likeness (QED) is 0.297. The summed E-state index contributed by atoms with van der Waals surface area (Å²) < 4.78 is 11.4. The van der Waals surface area contributed by atoms with E-state index in [2.05, 4.69) is 22.5 Å². The predicted octanol–water partition coefficient (Wildman–Crippen LogP) is 6.08.